The van der Waals surface area contributed by atoms with Gasteiger partial charge in [0.1, 0.15) is 0 Å². The van der Waals surface area contributed by atoms with E-state index in [2.05, 4.69) is 0 Å². The Morgan fingerprint density at radius 3 is 2.53 bits per heavy atom. The first-order chi connectivity index (χ1) is 9.19. The van der Waals surface area contributed by atoms with Crippen molar-refractivity contribution in [3.8, 4) is 0 Å². The normalized spacial score (nSPS) is 13.7. The standard InChI is InChI=1S/C15H15N3O/c16-9-10-1-6-14-11(7-10)8-15(19)18(14)13-4-2-12(17)3-5-13/h1-7H,8-9,16-17H2. The van der Waals surface area contributed by atoms with Gasteiger partial charge in [0.2, 0.25) is 5.91 Å². The molecule has 19 heavy (non-hydrogen) atoms. The Balaban J connectivity index is 2.05. The number of benzene rings is 2. The highest BCUT2D eigenvalue weighted by Crippen LogP contribution is 2.36. The molecule has 96 valence electrons. The molecule has 1 aliphatic rings. The van der Waals surface area contributed by atoms with Crippen LogP contribution < -0.4 is 16.4 Å². The molecular formula is C15H15N3O. The number of nitrogens with two attached hydrogens (primary N) is 2. The molecule has 0 unspecified atom stereocenters. The molecule has 3 rings (SSSR count). The lowest BCUT2D eigenvalue weighted by Gasteiger charge is -2.18. The maximum Gasteiger partial charge on any atom is 0.236 e. The number of carbonyl (C=O) groups is 1. The van der Waals surface area contributed by atoms with Gasteiger partial charge in [0, 0.05) is 17.9 Å². The average Bonchev–Trinajstić information content (AvgIpc) is 2.74. The van der Waals surface area contributed by atoms with Crippen molar-refractivity contribution in [2.24, 2.45) is 5.73 Å². The summed E-state index contributed by atoms with van der Waals surface area (Å²) in [4.78, 5) is 13.9. The van der Waals surface area contributed by atoms with Crippen LogP contribution in [0.4, 0.5) is 17.1 Å². The number of carbonyl (C=O) groups excluding carboxylic acids is 1. The molecule has 1 heterocycles. The Bertz CT molecular complexity index is 634. The van der Waals surface area contributed by atoms with Crippen molar-refractivity contribution in [1.29, 1.82) is 0 Å². The minimum atomic E-state index is 0.0777. The summed E-state index contributed by atoms with van der Waals surface area (Å²) in [6.45, 7) is 0.489. The van der Waals surface area contributed by atoms with Crippen molar-refractivity contribution in [2.75, 3.05) is 10.6 Å². The smallest absolute Gasteiger partial charge is 0.236 e. The van der Waals surface area contributed by atoms with Gasteiger partial charge in [0.25, 0.3) is 0 Å². The van der Waals surface area contributed by atoms with E-state index in [1.54, 1.807) is 17.0 Å². The first-order valence-corrected chi connectivity index (χ1v) is 6.19. The van der Waals surface area contributed by atoms with Crippen LogP contribution in [0.25, 0.3) is 0 Å². The van der Waals surface area contributed by atoms with Crippen molar-refractivity contribution in [1.82, 2.24) is 0 Å². The van der Waals surface area contributed by atoms with Crippen LogP contribution in [0.15, 0.2) is 42.5 Å². The fourth-order valence-corrected chi connectivity index (χ4v) is 2.41. The molecule has 0 fully saturated rings. The molecule has 0 radical (unpaired) electrons. The van der Waals surface area contributed by atoms with Crippen LogP contribution in [-0.2, 0) is 17.8 Å². The van der Waals surface area contributed by atoms with E-state index in [4.69, 9.17) is 11.5 Å². The SMILES string of the molecule is NCc1ccc2c(c1)CC(=O)N2c1ccc(N)cc1. The van der Waals surface area contributed by atoms with Crippen molar-refractivity contribution < 1.29 is 4.79 Å². The lowest BCUT2D eigenvalue weighted by atomic mass is 10.1. The largest absolute Gasteiger partial charge is 0.399 e. The van der Waals surface area contributed by atoms with E-state index in [0.717, 1.165) is 22.5 Å². The third-order valence-corrected chi connectivity index (χ3v) is 3.36. The van der Waals surface area contributed by atoms with E-state index in [1.165, 1.54) is 0 Å². The van der Waals surface area contributed by atoms with Crippen LogP contribution in [0.1, 0.15) is 11.1 Å². The molecule has 0 spiro atoms. The van der Waals surface area contributed by atoms with Crippen molar-refractivity contribution in [3.05, 3.63) is 53.6 Å². The highest BCUT2D eigenvalue weighted by atomic mass is 16.2. The second-order valence-corrected chi connectivity index (χ2v) is 4.66. The molecule has 0 saturated carbocycles. The van der Waals surface area contributed by atoms with Gasteiger partial charge in [-0.05, 0) is 41.5 Å². The minimum Gasteiger partial charge on any atom is -0.399 e. The van der Waals surface area contributed by atoms with Crippen LogP contribution in [0, 0.1) is 0 Å². The van der Waals surface area contributed by atoms with Gasteiger partial charge in [-0.2, -0.15) is 0 Å². The van der Waals surface area contributed by atoms with E-state index in [9.17, 15) is 4.79 Å². The molecule has 4 nitrogen and oxygen atoms in total. The van der Waals surface area contributed by atoms with Gasteiger partial charge in [-0.3, -0.25) is 9.69 Å². The predicted molar refractivity (Wildman–Crippen MR) is 76.0 cm³/mol. The molecule has 0 bridgehead atoms. The molecule has 0 atom stereocenters. The summed E-state index contributed by atoms with van der Waals surface area (Å²) >= 11 is 0. The zero-order valence-electron chi connectivity index (χ0n) is 10.5. The van der Waals surface area contributed by atoms with Gasteiger partial charge in [-0.15, -0.1) is 0 Å². The Kier molecular flexibility index (Phi) is 2.72. The van der Waals surface area contributed by atoms with Gasteiger partial charge < -0.3 is 11.5 Å². The molecule has 0 aromatic heterocycles. The Hall–Kier alpha value is -2.33. The fraction of sp³-hybridized carbons (Fsp3) is 0.133. The first kappa shape index (κ1) is 11.7. The summed E-state index contributed by atoms with van der Waals surface area (Å²) in [5, 5.41) is 0. The van der Waals surface area contributed by atoms with E-state index in [0.29, 0.717) is 18.7 Å². The number of anilines is 3. The fourth-order valence-electron chi connectivity index (χ4n) is 2.41. The van der Waals surface area contributed by atoms with Crippen LogP contribution >= 0.6 is 0 Å². The number of fused-ring (bicyclic) bond motifs is 1. The number of rotatable bonds is 2. The van der Waals surface area contributed by atoms with Crippen molar-refractivity contribution >= 4 is 23.0 Å². The van der Waals surface area contributed by atoms with Crippen molar-refractivity contribution in [2.45, 2.75) is 13.0 Å². The Morgan fingerprint density at radius 2 is 1.84 bits per heavy atom. The molecule has 2 aromatic rings. The van der Waals surface area contributed by atoms with Crippen LogP contribution in [0.5, 0.6) is 0 Å². The summed E-state index contributed by atoms with van der Waals surface area (Å²) in [7, 11) is 0. The minimum absolute atomic E-state index is 0.0777. The summed E-state index contributed by atoms with van der Waals surface area (Å²) in [5.74, 6) is 0.0777. The van der Waals surface area contributed by atoms with E-state index < -0.39 is 0 Å². The maximum atomic E-state index is 12.2. The molecule has 4 N–H and O–H groups in total. The molecular weight excluding hydrogens is 238 g/mol. The Morgan fingerprint density at radius 1 is 1.11 bits per heavy atom. The number of amides is 1. The van der Waals surface area contributed by atoms with Gasteiger partial charge in [-0.1, -0.05) is 12.1 Å². The summed E-state index contributed by atoms with van der Waals surface area (Å²) < 4.78 is 0. The number of nitrogens with zero attached hydrogens (tertiary/aromatic N) is 1. The highest BCUT2D eigenvalue weighted by Gasteiger charge is 2.28. The zero-order chi connectivity index (χ0) is 13.4. The van der Waals surface area contributed by atoms with Gasteiger partial charge in [-0.25, -0.2) is 0 Å². The zero-order valence-corrected chi connectivity index (χ0v) is 10.5. The van der Waals surface area contributed by atoms with E-state index >= 15 is 0 Å². The summed E-state index contributed by atoms with van der Waals surface area (Å²) in [6, 6.07) is 13.2. The van der Waals surface area contributed by atoms with E-state index in [-0.39, 0.29) is 5.91 Å². The monoisotopic (exact) mass is 253 g/mol. The van der Waals surface area contributed by atoms with Gasteiger partial charge in [0.05, 0.1) is 12.1 Å². The van der Waals surface area contributed by atoms with Crippen LogP contribution in [0.3, 0.4) is 0 Å². The lowest BCUT2D eigenvalue weighted by molar-refractivity contribution is -0.116. The summed E-state index contributed by atoms with van der Waals surface area (Å²) in [6.07, 6.45) is 0.424. The van der Waals surface area contributed by atoms with Crippen molar-refractivity contribution in [3.63, 3.8) is 0 Å². The average molecular weight is 253 g/mol. The molecule has 0 saturated heterocycles. The third-order valence-electron chi connectivity index (χ3n) is 3.36. The van der Waals surface area contributed by atoms with Crippen LogP contribution in [0.2, 0.25) is 0 Å². The topological polar surface area (TPSA) is 72.4 Å². The summed E-state index contributed by atoms with van der Waals surface area (Å²) in [5.41, 5.74) is 15.9. The molecule has 1 amide bonds. The van der Waals surface area contributed by atoms with E-state index in [1.807, 2.05) is 30.3 Å². The molecule has 2 aromatic carbocycles. The second kappa shape index (κ2) is 4.40. The number of nitrogen functional groups attached to an aromatic ring is 1. The molecule has 1 aliphatic heterocycles. The Labute approximate surface area is 111 Å². The predicted octanol–water partition coefficient (Wildman–Crippen LogP) is 1.95. The quantitative estimate of drug-likeness (QED) is 0.803. The van der Waals surface area contributed by atoms with Crippen LogP contribution in [-0.4, -0.2) is 5.91 Å². The number of hydrogen-bond donors (Lipinski definition) is 2. The maximum absolute atomic E-state index is 12.2. The number of hydrogen-bond acceptors (Lipinski definition) is 3. The second-order valence-electron chi connectivity index (χ2n) is 4.66. The molecule has 4 heteroatoms. The lowest BCUT2D eigenvalue weighted by Crippen LogP contribution is -2.20. The molecule has 0 aliphatic carbocycles. The third kappa shape index (κ3) is 1.96. The highest BCUT2D eigenvalue weighted by molar-refractivity contribution is 6.07. The van der Waals surface area contributed by atoms with Gasteiger partial charge in [0.15, 0.2) is 0 Å². The first-order valence-electron chi connectivity index (χ1n) is 6.19. The van der Waals surface area contributed by atoms with Gasteiger partial charge >= 0.3 is 0 Å².